The van der Waals surface area contributed by atoms with E-state index in [1.54, 1.807) is 25.1 Å². The van der Waals surface area contributed by atoms with E-state index in [4.69, 9.17) is 28.5 Å². The molecular formula is C14H17ClN2O2. The van der Waals surface area contributed by atoms with Gasteiger partial charge in [0, 0.05) is 10.6 Å². The third-order valence-electron chi connectivity index (χ3n) is 2.51. The Bertz CT molecular complexity index is 483. The van der Waals surface area contributed by atoms with Crippen LogP contribution in [0.1, 0.15) is 12.5 Å². The van der Waals surface area contributed by atoms with Gasteiger partial charge >= 0.3 is 0 Å². The number of nitrogens with two attached hydrogens (primary N) is 1. The monoisotopic (exact) mass is 280 g/mol. The second kappa shape index (κ2) is 7.67. The molecule has 5 heteroatoms. The normalized spacial score (nSPS) is 11.5. The number of ether oxygens (including phenoxy) is 1. The van der Waals surface area contributed by atoms with Crippen LogP contribution in [-0.2, 0) is 11.2 Å². The molecule has 19 heavy (non-hydrogen) atoms. The van der Waals surface area contributed by atoms with Crippen LogP contribution >= 0.6 is 11.6 Å². The van der Waals surface area contributed by atoms with Crippen molar-refractivity contribution in [2.75, 3.05) is 13.1 Å². The van der Waals surface area contributed by atoms with Crippen molar-refractivity contribution < 1.29 is 9.53 Å². The Morgan fingerprint density at radius 3 is 3.00 bits per heavy atom. The minimum atomic E-state index is -0.650. The lowest BCUT2D eigenvalue weighted by atomic mass is 10.1. The van der Waals surface area contributed by atoms with Crippen molar-refractivity contribution in [2.45, 2.75) is 19.4 Å². The number of hydrogen-bond acceptors (Lipinski definition) is 3. The van der Waals surface area contributed by atoms with E-state index in [9.17, 15) is 4.79 Å². The predicted octanol–water partition coefficient (Wildman–Crippen LogP) is 1.36. The molecule has 1 unspecified atom stereocenters. The minimum absolute atomic E-state index is 0.178. The number of rotatable bonds is 6. The third kappa shape index (κ3) is 4.47. The Kier molecular flexibility index (Phi) is 6.20. The largest absolute Gasteiger partial charge is 0.481 e. The summed E-state index contributed by atoms with van der Waals surface area (Å²) in [6, 6.07) is 5.30. The van der Waals surface area contributed by atoms with Crippen LogP contribution in [0.15, 0.2) is 18.2 Å². The fourth-order valence-electron chi connectivity index (χ4n) is 1.56. The summed E-state index contributed by atoms with van der Waals surface area (Å²) in [5.41, 5.74) is 6.35. The summed E-state index contributed by atoms with van der Waals surface area (Å²) < 4.78 is 5.62. The summed E-state index contributed by atoms with van der Waals surface area (Å²) in [4.78, 5) is 11.7. The first-order chi connectivity index (χ1) is 9.10. The standard InChI is InChI=1S/C14H17ClN2O2/c1-3-9-17-14(18)10(2)19-13-6-4-5-12(15)11(13)7-8-16/h1,4-6,10H,7-9,16H2,2H3,(H,17,18). The summed E-state index contributed by atoms with van der Waals surface area (Å²) >= 11 is 6.09. The first-order valence-corrected chi connectivity index (χ1v) is 6.33. The molecule has 1 aromatic rings. The average Bonchev–Trinajstić information content (AvgIpc) is 2.39. The topological polar surface area (TPSA) is 64.3 Å². The van der Waals surface area contributed by atoms with Gasteiger partial charge in [0.15, 0.2) is 6.10 Å². The molecule has 3 N–H and O–H groups in total. The molecule has 1 aromatic carbocycles. The molecule has 0 aliphatic rings. The zero-order chi connectivity index (χ0) is 14.3. The van der Waals surface area contributed by atoms with Crippen molar-refractivity contribution in [3.63, 3.8) is 0 Å². The maximum Gasteiger partial charge on any atom is 0.261 e. The summed E-state index contributed by atoms with van der Waals surface area (Å²) in [5, 5.41) is 3.14. The Morgan fingerprint density at radius 1 is 1.63 bits per heavy atom. The number of amides is 1. The highest BCUT2D eigenvalue weighted by Crippen LogP contribution is 2.27. The van der Waals surface area contributed by atoms with Crippen molar-refractivity contribution in [1.82, 2.24) is 5.32 Å². The van der Waals surface area contributed by atoms with Crippen molar-refractivity contribution >= 4 is 17.5 Å². The molecule has 0 bridgehead atoms. The Hall–Kier alpha value is -1.70. The highest BCUT2D eigenvalue weighted by molar-refractivity contribution is 6.31. The van der Waals surface area contributed by atoms with Gasteiger partial charge in [0.25, 0.3) is 5.91 Å². The quantitative estimate of drug-likeness (QED) is 0.774. The fraction of sp³-hybridized carbons (Fsp3) is 0.357. The summed E-state index contributed by atoms with van der Waals surface area (Å²) in [6.07, 6.45) is 5.02. The number of nitrogens with one attached hydrogen (secondary N) is 1. The predicted molar refractivity (Wildman–Crippen MR) is 76.1 cm³/mol. The third-order valence-corrected chi connectivity index (χ3v) is 2.86. The van der Waals surface area contributed by atoms with E-state index in [1.165, 1.54) is 0 Å². The van der Waals surface area contributed by atoms with E-state index in [0.29, 0.717) is 23.7 Å². The second-order valence-electron chi connectivity index (χ2n) is 3.94. The van der Waals surface area contributed by atoms with Gasteiger partial charge in [0.05, 0.1) is 6.54 Å². The van der Waals surface area contributed by atoms with Crippen molar-refractivity contribution in [3.8, 4) is 18.1 Å². The smallest absolute Gasteiger partial charge is 0.261 e. The summed E-state index contributed by atoms with van der Waals surface area (Å²) in [7, 11) is 0. The molecule has 0 radical (unpaired) electrons. The Balaban J connectivity index is 2.79. The summed E-state index contributed by atoms with van der Waals surface area (Å²) in [6.45, 7) is 2.29. The lowest BCUT2D eigenvalue weighted by molar-refractivity contribution is -0.127. The number of hydrogen-bond donors (Lipinski definition) is 2. The first-order valence-electron chi connectivity index (χ1n) is 5.95. The van der Waals surface area contributed by atoms with E-state index < -0.39 is 6.10 Å². The van der Waals surface area contributed by atoms with Gasteiger partial charge in [-0.15, -0.1) is 6.42 Å². The van der Waals surface area contributed by atoms with Gasteiger partial charge in [-0.25, -0.2) is 0 Å². The molecule has 1 rings (SSSR count). The maximum atomic E-state index is 11.7. The number of benzene rings is 1. The fourth-order valence-corrected chi connectivity index (χ4v) is 1.82. The molecule has 0 aromatic heterocycles. The zero-order valence-electron chi connectivity index (χ0n) is 10.8. The molecule has 0 aliphatic carbocycles. The van der Waals surface area contributed by atoms with Crippen LogP contribution in [-0.4, -0.2) is 25.1 Å². The van der Waals surface area contributed by atoms with Crippen LogP contribution in [0.4, 0.5) is 0 Å². The SMILES string of the molecule is C#CCNC(=O)C(C)Oc1cccc(Cl)c1CCN. The molecular weight excluding hydrogens is 264 g/mol. The van der Waals surface area contributed by atoms with Gasteiger partial charge in [0.2, 0.25) is 0 Å². The minimum Gasteiger partial charge on any atom is -0.481 e. The van der Waals surface area contributed by atoms with E-state index in [2.05, 4.69) is 11.2 Å². The van der Waals surface area contributed by atoms with Gasteiger partial charge in [-0.2, -0.15) is 0 Å². The van der Waals surface area contributed by atoms with Crippen molar-refractivity contribution in [1.29, 1.82) is 0 Å². The molecule has 0 heterocycles. The molecule has 4 nitrogen and oxygen atoms in total. The number of terminal acetylenes is 1. The number of halogens is 1. The van der Waals surface area contributed by atoms with E-state index in [0.717, 1.165) is 5.56 Å². The van der Waals surface area contributed by atoms with Crippen molar-refractivity contribution in [3.05, 3.63) is 28.8 Å². The Labute approximate surface area is 118 Å². The van der Waals surface area contributed by atoms with Crippen molar-refractivity contribution in [2.24, 2.45) is 5.73 Å². The van der Waals surface area contributed by atoms with Crippen LogP contribution in [0.25, 0.3) is 0 Å². The highest BCUT2D eigenvalue weighted by atomic mass is 35.5. The van der Waals surface area contributed by atoms with Crippen LogP contribution < -0.4 is 15.8 Å². The molecule has 1 atom stereocenters. The molecule has 102 valence electrons. The number of carbonyl (C=O) groups excluding carboxylic acids is 1. The molecule has 0 fully saturated rings. The maximum absolute atomic E-state index is 11.7. The lowest BCUT2D eigenvalue weighted by Crippen LogP contribution is -2.36. The Morgan fingerprint density at radius 2 is 2.37 bits per heavy atom. The average molecular weight is 281 g/mol. The molecule has 0 saturated heterocycles. The van der Waals surface area contributed by atoms with E-state index >= 15 is 0 Å². The molecule has 0 saturated carbocycles. The van der Waals surface area contributed by atoms with Gasteiger partial charge in [0.1, 0.15) is 5.75 Å². The van der Waals surface area contributed by atoms with Gasteiger partial charge in [-0.1, -0.05) is 23.6 Å². The van der Waals surface area contributed by atoms with Crippen LogP contribution in [0.5, 0.6) is 5.75 Å². The number of carbonyl (C=O) groups is 1. The van der Waals surface area contributed by atoms with Gasteiger partial charge in [-0.05, 0) is 32.0 Å². The zero-order valence-corrected chi connectivity index (χ0v) is 11.5. The molecule has 0 aliphatic heterocycles. The second-order valence-corrected chi connectivity index (χ2v) is 4.34. The van der Waals surface area contributed by atoms with Crippen LogP contribution in [0.2, 0.25) is 5.02 Å². The molecule has 0 spiro atoms. The highest BCUT2D eigenvalue weighted by Gasteiger charge is 2.16. The lowest BCUT2D eigenvalue weighted by Gasteiger charge is -2.17. The van der Waals surface area contributed by atoms with E-state index in [1.807, 2.05) is 0 Å². The van der Waals surface area contributed by atoms with Gasteiger partial charge in [-0.3, -0.25) is 4.79 Å². The van der Waals surface area contributed by atoms with Crippen LogP contribution in [0.3, 0.4) is 0 Å². The summed E-state index contributed by atoms with van der Waals surface area (Å²) in [5.74, 6) is 2.64. The first kappa shape index (κ1) is 15.4. The molecule has 1 amide bonds. The van der Waals surface area contributed by atoms with Crippen LogP contribution in [0, 0.1) is 12.3 Å². The van der Waals surface area contributed by atoms with Gasteiger partial charge < -0.3 is 15.8 Å². The van der Waals surface area contributed by atoms with E-state index in [-0.39, 0.29) is 12.5 Å².